The molecule has 0 spiro atoms. The van der Waals surface area contributed by atoms with Gasteiger partial charge >= 0.3 is 0 Å². The van der Waals surface area contributed by atoms with Crippen molar-refractivity contribution in [2.24, 2.45) is 11.8 Å². The van der Waals surface area contributed by atoms with Crippen molar-refractivity contribution in [1.29, 1.82) is 0 Å². The van der Waals surface area contributed by atoms with Crippen molar-refractivity contribution in [2.45, 2.75) is 58.4 Å². The molecule has 0 unspecified atom stereocenters. The van der Waals surface area contributed by atoms with Crippen LogP contribution in [0.1, 0.15) is 60.7 Å². The Kier molecular flexibility index (Phi) is 5.85. The SMILES string of the molecule is Cc1cc(C[C@H]2CC[C@H](C(=O)N3OCC[C@H]3c3cnc(C)c(F)c3)CC2)cnn1. The Morgan fingerprint density at radius 2 is 1.97 bits per heavy atom. The lowest BCUT2D eigenvalue weighted by molar-refractivity contribution is -0.183. The van der Waals surface area contributed by atoms with E-state index in [2.05, 4.69) is 21.2 Å². The van der Waals surface area contributed by atoms with Crippen molar-refractivity contribution in [2.75, 3.05) is 6.61 Å². The first-order valence-corrected chi connectivity index (χ1v) is 10.4. The van der Waals surface area contributed by atoms with E-state index >= 15 is 0 Å². The van der Waals surface area contributed by atoms with Crippen LogP contribution in [0.5, 0.6) is 0 Å². The van der Waals surface area contributed by atoms with Crippen LogP contribution >= 0.6 is 0 Å². The molecule has 1 atom stereocenters. The van der Waals surface area contributed by atoms with Crippen LogP contribution in [0.4, 0.5) is 4.39 Å². The van der Waals surface area contributed by atoms with Gasteiger partial charge in [0.2, 0.25) is 5.91 Å². The Labute approximate surface area is 170 Å². The maximum absolute atomic E-state index is 13.9. The summed E-state index contributed by atoms with van der Waals surface area (Å²) in [4.78, 5) is 22.9. The average molecular weight is 398 g/mol. The van der Waals surface area contributed by atoms with E-state index < -0.39 is 0 Å². The minimum Gasteiger partial charge on any atom is -0.272 e. The Bertz CT molecular complexity index is 883. The number of amides is 1. The van der Waals surface area contributed by atoms with Crippen LogP contribution in [0.25, 0.3) is 0 Å². The third-order valence-corrected chi connectivity index (χ3v) is 6.11. The summed E-state index contributed by atoms with van der Waals surface area (Å²) in [5.41, 5.74) is 3.21. The van der Waals surface area contributed by atoms with Gasteiger partial charge in [-0.25, -0.2) is 9.45 Å². The zero-order chi connectivity index (χ0) is 20.4. The van der Waals surface area contributed by atoms with Gasteiger partial charge in [-0.3, -0.25) is 14.6 Å². The van der Waals surface area contributed by atoms with E-state index in [9.17, 15) is 9.18 Å². The zero-order valence-corrected chi connectivity index (χ0v) is 17.0. The molecule has 0 N–H and O–H groups in total. The molecular formula is C22H27FN4O2. The molecule has 2 aliphatic rings. The summed E-state index contributed by atoms with van der Waals surface area (Å²) in [6, 6.07) is 3.30. The van der Waals surface area contributed by atoms with Gasteiger partial charge in [0, 0.05) is 18.5 Å². The summed E-state index contributed by atoms with van der Waals surface area (Å²) in [6.45, 7) is 4.05. The molecule has 1 amide bonds. The molecule has 2 aromatic rings. The van der Waals surface area contributed by atoms with Crippen LogP contribution in [0.2, 0.25) is 0 Å². The number of aromatic nitrogens is 3. The molecule has 0 aromatic carbocycles. The molecule has 29 heavy (non-hydrogen) atoms. The monoisotopic (exact) mass is 398 g/mol. The fraction of sp³-hybridized carbons (Fsp3) is 0.545. The second kappa shape index (κ2) is 8.53. The normalized spacial score (nSPS) is 24.7. The van der Waals surface area contributed by atoms with Gasteiger partial charge in [-0.05, 0) is 75.1 Å². The minimum atomic E-state index is -0.344. The average Bonchev–Trinajstić information content (AvgIpc) is 3.20. The highest BCUT2D eigenvalue weighted by Gasteiger charge is 2.37. The number of nitrogens with zero attached hydrogens (tertiary/aromatic N) is 4. The van der Waals surface area contributed by atoms with E-state index in [1.165, 1.54) is 16.7 Å². The molecule has 4 rings (SSSR count). The first-order chi connectivity index (χ1) is 14.0. The number of pyridine rings is 1. The van der Waals surface area contributed by atoms with E-state index in [1.54, 1.807) is 13.1 Å². The van der Waals surface area contributed by atoms with Crippen LogP contribution in [-0.2, 0) is 16.1 Å². The molecule has 2 fully saturated rings. The summed E-state index contributed by atoms with van der Waals surface area (Å²) in [5, 5.41) is 9.53. The number of hydroxylamine groups is 2. The van der Waals surface area contributed by atoms with E-state index in [0.717, 1.165) is 37.8 Å². The molecule has 0 radical (unpaired) electrons. The Hall–Kier alpha value is -2.41. The first kappa shape index (κ1) is 19.9. The number of aryl methyl sites for hydroxylation is 2. The molecule has 1 aliphatic heterocycles. The van der Waals surface area contributed by atoms with Crippen molar-refractivity contribution in [3.63, 3.8) is 0 Å². The lowest BCUT2D eigenvalue weighted by Crippen LogP contribution is -2.36. The van der Waals surface area contributed by atoms with Crippen LogP contribution < -0.4 is 0 Å². The Morgan fingerprint density at radius 1 is 1.17 bits per heavy atom. The highest BCUT2D eigenvalue weighted by Crippen LogP contribution is 2.37. The highest BCUT2D eigenvalue weighted by atomic mass is 19.1. The van der Waals surface area contributed by atoms with Gasteiger partial charge in [0.15, 0.2) is 0 Å². The standard InChI is InChI=1S/C22H27FN4O2/c1-14-9-17(12-25-26-14)10-16-3-5-18(6-4-16)22(28)27-21(7-8-29-27)19-11-20(23)15(2)24-13-19/h9,11-13,16,18,21H,3-8,10H2,1-2H3/t16-,18-,21-/m0/s1. The van der Waals surface area contributed by atoms with Gasteiger partial charge in [0.1, 0.15) is 5.82 Å². The van der Waals surface area contributed by atoms with Gasteiger partial charge in [-0.15, -0.1) is 0 Å². The lowest BCUT2D eigenvalue weighted by atomic mass is 9.79. The number of hydrogen-bond donors (Lipinski definition) is 0. The third kappa shape index (κ3) is 4.45. The Balaban J connectivity index is 1.36. The van der Waals surface area contributed by atoms with Crippen molar-refractivity contribution < 1.29 is 14.0 Å². The second-order valence-electron chi connectivity index (χ2n) is 8.26. The first-order valence-electron chi connectivity index (χ1n) is 10.4. The summed E-state index contributed by atoms with van der Waals surface area (Å²) in [6.07, 6.45) is 8.87. The maximum atomic E-state index is 13.9. The van der Waals surface area contributed by atoms with E-state index in [0.29, 0.717) is 30.2 Å². The van der Waals surface area contributed by atoms with Gasteiger partial charge in [0.25, 0.3) is 0 Å². The molecule has 3 heterocycles. The number of carbonyl (C=O) groups is 1. The molecule has 1 aliphatic carbocycles. The maximum Gasteiger partial charge on any atom is 0.249 e. The molecule has 1 saturated carbocycles. The predicted octanol–water partition coefficient (Wildman–Crippen LogP) is 3.88. The molecule has 154 valence electrons. The number of rotatable bonds is 4. The summed E-state index contributed by atoms with van der Waals surface area (Å²) >= 11 is 0. The minimum absolute atomic E-state index is 0.0216. The molecular weight excluding hydrogens is 371 g/mol. The molecule has 1 saturated heterocycles. The quantitative estimate of drug-likeness (QED) is 0.782. The summed E-state index contributed by atoms with van der Waals surface area (Å²) in [7, 11) is 0. The van der Waals surface area contributed by atoms with Gasteiger partial charge in [-0.2, -0.15) is 10.2 Å². The largest absolute Gasteiger partial charge is 0.272 e. The van der Waals surface area contributed by atoms with Gasteiger partial charge < -0.3 is 0 Å². The highest BCUT2D eigenvalue weighted by molar-refractivity contribution is 5.78. The van der Waals surface area contributed by atoms with Crippen molar-refractivity contribution >= 4 is 5.91 Å². The lowest BCUT2D eigenvalue weighted by Gasteiger charge is -2.32. The number of carbonyl (C=O) groups excluding carboxylic acids is 1. The smallest absolute Gasteiger partial charge is 0.249 e. The van der Waals surface area contributed by atoms with E-state index in [1.807, 2.05) is 13.1 Å². The molecule has 7 heteroatoms. The van der Waals surface area contributed by atoms with Crippen molar-refractivity contribution in [3.8, 4) is 0 Å². The van der Waals surface area contributed by atoms with E-state index in [-0.39, 0.29) is 23.7 Å². The summed E-state index contributed by atoms with van der Waals surface area (Å²) in [5.74, 6) is 0.206. The van der Waals surface area contributed by atoms with Crippen molar-refractivity contribution in [1.82, 2.24) is 20.2 Å². The van der Waals surface area contributed by atoms with Crippen molar-refractivity contribution in [3.05, 3.63) is 52.9 Å². The van der Waals surface area contributed by atoms with Crippen LogP contribution in [0.3, 0.4) is 0 Å². The molecule has 2 aromatic heterocycles. The van der Waals surface area contributed by atoms with Gasteiger partial charge in [0.05, 0.1) is 30.2 Å². The zero-order valence-electron chi connectivity index (χ0n) is 17.0. The fourth-order valence-electron chi connectivity index (χ4n) is 4.46. The topological polar surface area (TPSA) is 68.2 Å². The predicted molar refractivity (Wildman–Crippen MR) is 105 cm³/mol. The molecule has 0 bridgehead atoms. The fourth-order valence-corrected chi connectivity index (χ4v) is 4.46. The Morgan fingerprint density at radius 3 is 2.69 bits per heavy atom. The van der Waals surface area contributed by atoms with Crippen LogP contribution in [-0.4, -0.2) is 32.8 Å². The third-order valence-electron chi connectivity index (χ3n) is 6.11. The summed E-state index contributed by atoms with van der Waals surface area (Å²) < 4.78 is 13.9. The number of hydrogen-bond acceptors (Lipinski definition) is 5. The van der Waals surface area contributed by atoms with Crippen LogP contribution in [0.15, 0.2) is 24.5 Å². The molecule has 6 nitrogen and oxygen atoms in total. The van der Waals surface area contributed by atoms with Gasteiger partial charge in [-0.1, -0.05) is 0 Å². The number of halogens is 1. The van der Waals surface area contributed by atoms with Crippen LogP contribution in [0, 0.1) is 31.5 Å². The van der Waals surface area contributed by atoms with E-state index in [4.69, 9.17) is 4.84 Å². The second-order valence-corrected chi connectivity index (χ2v) is 8.26.